The largest absolute Gasteiger partial charge is 0.478 e. The second kappa shape index (κ2) is 8.32. The van der Waals surface area contributed by atoms with Gasteiger partial charge >= 0.3 is 5.97 Å². The van der Waals surface area contributed by atoms with Crippen molar-refractivity contribution < 1.29 is 14.7 Å². The fourth-order valence-corrected chi connectivity index (χ4v) is 2.18. The van der Waals surface area contributed by atoms with Gasteiger partial charge in [-0.25, -0.2) is 4.79 Å². The van der Waals surface area contributed by atoms with Gasteiger partial charge in [-0.3, -0.25) is 4.79 Å². The van der Waals surface area contributed by atoms with Crippen LogP contribution in [0.5, 0.6) is 0 Å². The molecule has 1 aromatic rings. The third-order valence-electron chi connectivity index (χ3n) is 2.89. The molecule has 21 heavy (non-hydrogen) atoms. The van der Waals surface area contributed by atoms with Crippen LogP contribution in [0.25, 0.3) is 6.08 Å². The second-order valence-corrected chi connectivity index (χ2v) is 4.99. The summed E-state index contributed by atoms with van der Waals surface area (Å²) < 4.78 is 0. The average Bonchev–Trinajstić information content (AvgIpc) is 2.41. The standard InChI is InChI=1S/C15H19ClN2O3/c1-2-3-9-18(10-14(17)19)13-6-4-5-12(16)11(13)7-8-15(20)21/h4-8H,2-3,9-10H2,1H3,(H2,17,19)(H,20,21). The zero-order valence-electron chi connectivity index (χ0n) is 11.9. The van der Waals surface area contributed by atoms with Crippen molar-refractivity contribution in [2.45, 2.75) is 19.8 Å². The number of carbonyl (C=O) groups excluding carboxylic acids is 1. The molecular weight excluding hydrogens is 292 g/mol. The van der Waals surface area contributed by atoms with Crippen LogP contribution in [-0.4, -0.2) is 30.1 Å². The molecule has 1 amide bonds. The number of halogens is 1. The summed E-state index contributed by atoms with van der Waals surface area (Å²) in [5.41, 5.74) is 6.56. The minimum absolute atomic E-state index is 0.0637. The number of unbranched alkanes of at least 4 members (excludes halogenated alkanes) is 1. The molecule has 0 saturated heterocycles. The molecule has 3 N–H and O–H groups in total. The molecule has 0 aliphatic heterocycles. The zero-order valence-corrected chi connectivity index (χ0v) is 12.6. The van der Waals surface area contributed by atoms with Crippen molar-refractivity contribution in [3.05, 3.63) is 34.9 Å². The molecule has 0 aliphatic carbocycles. The van der Waals surface area contributed by atoms with Crippen molar-refractivity contribution in [3.8, 4) is 0 Å². The number of hydrogen-bond donors (Lipinski definition) is 2. The number of carboxylic acids is 1. The molecule has 0 atom stereocenters. The van der Waals surface area contributed by atoms with Gasteiger partial charge in [0.25, 0.3) is 0 Å². The van der Waals surface area contributed by atoms with Gasteiger partial charge in [-0.1, -0.05) is 31.0 Å². The number of primary amides is 1. The minimum Gasteiger partial charge on any atom is -0.478 e. The summed E-state index contributed by atoms with van der Waals surface area (Å²) in [6, 6.07) is 5.23. The first-order valence-corrected chi connectivity index (χ1v) is 7.06. The summed E-state index contributed by atoms with van der Waals surface area (Å²) >= 11 is 6.14. The number of hydrogen-bond acceptors (Lipinski definition) is 3. The fraction of sp³-hybridized carbons (Fsp3) is 0.333. The maximum Gasteiger partial charge on any atom is 0.328 e. The lowest BCUT2D eigenvalue weighted by atomic mass is 10.1. The highest BCUT2D eigenvalue weighted by atomic mass is 35.5. The Morgan fingerprint density at radius 1 is 1.43 bits per heavy atom. The van der Waals surface area contributed by atoms with E-state index in [4.69, 9.17) is 22.4 Å². The van der Waals surface area contributed by atoms with Gasteiger partial charge in [0.15, 0.2) is 0 Å². The fourth-order valence-electron chi connectivity index (χ4n) is 1.94. The molecule has 0 radical (unpaired) electrons. The van der Waals surface area contributed by atoms with Crippen molar-refractivity contribution >= 4 is 35.2 Å². The van der Waals surface area contributed by atoms with Gasteiger partial charge in [-0.05, 0) is 24.6 Å². The number of nitrogens with two attached hydrogens (primary N) is 1. The Balaban J connectivity index is 3.19. The Labute approximate surface area is 129 Å². The maximum atomic E-state index is 11.2. The Kier molecular flexibility index (Phi) is 6.75. The predicted octanol–water partition coefficient (Wildman–Crippen LogP) is 2.53. The van der Waals surface area contributed by atoms with E-state index in [9.17, 15) is 9.59 Å². The van der Waals surface area contributed by atoms with E-state index in [0.29, 0.717) is 22.8 Å². The van der Waals surface area contributed by atoms with Gasteiger partial charge in [-0.15, -0.1) is 0 Å². The van der Waals surface area contributed by atoms with Gasteiger partial charge in [0.05, 0.1) is 6.54 Å². The predicted molar refractivity (Wildman–Crippen MR) is 84.4 cm³/mol. The van der Waals surface area contributed by atoms with Gasteiger partial charge in [-0.2, -0.15) is 0 Å². The summed E-state index contributed by atoms with van der Waals surface area (Å²) in [7, 11) is 0. The molecule has 1 rings (SSSR count). The molecule has 5 nitrogen and oxygen atoms in total. The first kappa shape index (κ1) is 17.0. The first-order valence-electron chi connectivity index (χ1n) is 6.68. The molecule has 1 aromatic carbocycles. The van der Waals surface area contributed by atoms with Crippen LogP contribution in [0.2, 0.25) is 5.02 Å². The SMILES string of the molecule is CCCCN(CC(N)=O)c1cccc(Cl)c1C=CC(=O)O. The van der Waals surface area contributed by atoms with Crippen LogP contribution in [0.4, 0.5) is 5.69 Å². The number of amides is 1. The number of benzene rings is 1. The summed E-state index contributed by atoms with van der Waals surface area (Å²) in [5.74, 6) is -1.50. The van der Waals surface area contributed by atoms with Crippen molar-refractivity contribution in [3.63, 3.8) is 0 Å². The Morgan fingerprint density at radius 2 is 2.14 bits per heavy atom. The Bertz CT molecular complexity index is 544. The molecular formula is C15H19ClN2O3. The molecule has 114 valence electrons. The maximum absolute atomic E-state index is 11.2. The topological polar surface area (TPSA) is 83.6 Å². The third kappa shape index (κ3) is 5.47. The van der Waals surface area contributed by atoms with Gasteiger partial charge in [0.2, 0.25) is 5.91 Å². The monoisotopic (exact) mass is 310 g/mol. The van der Waals surface area contributed by atoms with Crippen LogP contribution in [0.3, 0.4) is 0 Å². The van der Waals surface area contributed by atoms with Crippen LogP contribution < -0.4 is 10.6 Å². The van der Waals surface area contributed by atoms with E-state index in [0.717, 1.165) is 18.9 Å². The summed E-state index contributed by atoms with van der Waals surface area (Å²) in [6.45, 7) is 2.76. The highest BCUT2D eigenvalue weighted by molar-refractivity contribution is 6.32. The number of carbonyl (C=O) groups is 2. The number of carboxylic acid groups (broad SMARTS) is 1. The van der Waals surface area contributed by atoms with E-state index in [1.807, 2.05) is 11.8 Å². The van der Waals surface area contributed by atoms with Crippen LogP contribution in [-0.2, 0) is 9.59 Å². The summed E-state index contributed by atoms with van der Waals surface area (Å²) in [6.07, 6.45) is 4.31. The molecule has 0 spiro atoms. The second-order valence-electron chi connectivity index (χ2n) is 4.59. The number of anilines is 1. The van der Waals surface area contributed by atoms with E-state index < -0.39 is 11.9 Å². The van der Waals surface area contributed by atoms with Gasteiger partial charge < -0.3 is 15.7 Å². The van der Waals surface area contributed by atoms with Crippen LogP contribution in [0.15, 0.2) is 24.3 Å². The van der Waals surface area contributed by atoms with Crippen LogP contribution >= 0.6 is 11.6 Å². The molecule has 0 unspecified atom stereocenters. The lowest BCUT2D eigenvalue weighted by molar-refractivity contribution is -0.131. The number of nitrogens with zero attached hydrogens (tertiary/aromatic N) is 1. The van der Waals surface area contributed by atoms with Crippen molar-refractivity contribution in [2.24, 2.45) is 5.73 Å². The first-order chi connectivity index (χ1) is 9.95. The van der Waals surface area contributed by atoms with E-state index in [2.05, 4.69) is 0 Å². The molecule has 6 heteroatoms. The van der Waals surface area contributed by atoms with Crippen molar-refractivity contribution in [1.29, 1.82) is 0 Å². The Hall–Kier alpha value is -2.01. The minimum atomic E-state index is -1.06. The van der Waals surface area contributed by atoms with E-state index in [1.54, 1.807) is 18.2 Å². The number of aliphatic carboxylic acids is 1. The molecule has 0 fully saturated rings. The lowest BCUT2D eigenvalue weighted by Crippen LogP contribution is -2.35. The molecule has 0 bridgehead atoms. The van der Waals surface area contributed by atoms with Crippen LogP contribution in [0.1, 0.15) is 25.3 Å². The smallest absolute Gasteiger partial charge is 0.328 e. The van der Waals surface area contributed by atoms with Gasteiger partial charge in [0.1, 0.15) is 0 Å². The molecule has 0 aliphatic rings. The molecule has 0 saturated carbocycles. The third-order valence-corrected chi connectivity index (χ3v) is 3.22. The zero-order chi connectivity index (χ0) is 15.8. The molecule has 0 heterocycles. The average molecular weight is 311 g/mol. The van der Waals surface area contributed by atoms with E-state index >= 15 is 0 Å². The molecule has 0 aromatic heterocycles. The van der Waals surface area contributed by atoms with Crippen LogP contribution in [0, 0.1) is 0 Å². The van der Waals surface area contributed by atoms with E-state index in [1.165, 1.54) is 6.08 Å². The summed E-state index contributed by atoms with van der Waals surface area (Å²) in [4.78, 5) is 23.8. The van der Waals surface area contributed by atoms with Gasteiger partial charge in [0, 0.05) is 28.9 Å². The normalized spacial score (nSPS) is 10.8. The Morgan fingerprint density at radius 3 is 2.71 bits per heavy atom. The highest BCUT2D eigenvalue weighted by Gasteiger charge is 2.14. The summed E-state index contributed by atoms with van der Waals surface area (Å²) in [5, 5.41) is 9.19. The van der Waals surface area contributed by atoms with Crippen molar-refractivity contribution in [2.75, 3.05) is 18.0 Å². The quantitative estimate of drug-likeness (QED) is 0.723. The highest BCUT2D eigenvalue weighted by Crippen LogP contribution is 2.29. The van der Waals surface area contributed by atoms with E-state index in [-0.39, 0.29) is 6.54 Å². The van der Waals surface area contributed by atoms with Crippen molar-refractivity contribution in [1.82, 2.24) is 0 Å². The number of rotatable bonds is 8. The lowest BCUT2D eigenvalue weighted by Gasteiger charge is -2.25.